The maximum atomic E-state index is 14.4. The lowest BCUT2D eigenvalue weighted by Gasteiger charge is -2.28. The molecule has 180 valence electrons. The summed E-state index contributed by atoms with van der Waals surface area (Å²) < 4.78 is 28.2. The van der Waals surface area contributed by atoms with Gasteiger partial charge in [0.25, 0.3) is 0 Å². The molecule has 0 saturated heterocycles. The SMILES string of the molecule is C=C(NC(CC)CCN(C)CC(C)(C)C)C(=NC)c1cc(-c2cccc(F)c2F)ccc1C. The molecule has 0 spiro atoms. The average Bonchev–Trinajstić information content (AvgIpc) is 2.73. The Kier molecular flexibility index (Phi) is 9.35. The maximum Gasteiger partial charge on any atom is 0.166 e. The first-order chi connectivity index (χ1) is 15.5. The molecule has 1 atom stereocenters. The fourth-order valence-corrected chi connectivity index (χ4v) is 4.15. The van der Waals surface area contributed by atoms with Crippen LogP contribution in [0.25, 0.3) is 11.1 Å². The number of rotatable bonds is 10. The van der Waals surface area contributed by atoms with E-state index in [9.17, 15) is 8.78 Å². The van der Waals surface area contributed by atoms with Crippen molar-refractivity contribution in [2.75, 3.05) is 27.2 Å². The predicted molar refractivity (Wildman–Crippen MR) is 137 cm³/mol. The highest BCUT2D eigenvalue weighted by atomic mass is 19.2. The summed E-state index contributed by atoms with van der Waals surface area (Å²) >= 11 is 0. The van der Waals surface area contributed by atoms with E-state index in [1.165, 1.54) is 6.07 Å². The number of nitrogens with one attached hydrogen (secondary N) is 1. The molecule has 0 aliphatic rings. The Morgan fingerprint density at radius 3 is 2.48 bits per heavy atom. The summed E-state index contributed by atoms with van der Waals surface area (Å²) in [6.07, 6.45) is 1.96. The van der Waals surface area contributed by atoms with Gasteiger partial charge in [0, 0.05) is 30.8 Å². The van der Waals surface area contributed by atoms with Crippen LogP contribution in [0.2, 0.25) is 0 Å². The van der Waals surface area contributed by atoms with Gasteiger partial charge in [-0.25, -0.2) is 8.78 Å². The second-order valence-electron chi connectivity index (χ2n) is 10.0. The van der Waals surface area contributed by atoms with Gasteiger partial charge in [-0.1, -0.05) is 58.5 Å². The van der Waals surface area contributed by atoms with E-state index < -0.39 is 11.6 Å². The predicted octanol–water partition coefficient (Wildman–Crippen LogP) is 6.61. The second kappa shape index (κ2) is 11.6. The van der Waals surface area contributed by atoms with Crippen LogP contribution in [0.3, 0.4) is 0 Å². The van der Waals surface area contributed by atoms with Gasteiger partial charge in [-0.3, -0.25) is 4.99 Å². The van der Waals surface area contributed by atoms with Crippen LogP contribution >= 0.6 is 0 Å². The molecule has 0 aliphatic carbocycles. The van der Waals surface area contributed by atoms with Gasteiger partial charge in [-0.05, 0) is 62.0 Å². The quantitative estimate of drug-likeness (QED) is 0.408. The van der Waals surface area contributed by atoms with Gasteiger partial charge in [-0.15, -0.1) is 0 Å². The molecular weight excluding hydrogens is 416 g/mol. The van der Waals surface area contributed by atoms with Crippen molar-refractivity contribution >= 4 is 5.71 Å². The molecule has 0 aromatic heterocycles. The van der Waals surface area contributed by atoms with Gasteiger partial charge in [0.1, 0.15) is 0 Å². The van der Waals surface area contributed by atoms with Crippen molar-refractivity contribution in [2.45, 2.75) is 53.5 Å². The van der Waals surface area contributed by atoms with Crippen molar-refractivity contribution in [1.82, 2.24) is 10.2 Å². The molecule has 1 unspecified atom stereocenters. The summed E-state index contributed by atoms with van der Waals surface area (Å²) in [7, 11) is 3.89. The third kappa shape index (κ3) is 7.50. The molecule has 0 heterocycles. The monoisotopic (exact) mass is 455 g/mol. The van der Waals surface area contributed by atoms with Gasteiger partial charge in [0.2, 0.25) is 0 Å². The van der Waals surface area contributed by atoms with Crippen LogP contribution in [0.4, 0.5) is 8.78 Å². The Balaban J connectivity index is 2.20. The largest absolute Gasteiger partial charge is 0.381 e. The fourth-order valence-electron chi connectivity index (χ4n) is 4.15. The third-order valence-electron chi connectivity index (χ3n) is 5.74. The molecule has 0 aliphatic heterocycles. The van der Waals surface area contributed by atoms with Gasteiger partial charge < -0.3 is 10.2 Å². The first kappa shape index (κ1) is 26.7. The van der Waals surface area contributed by atoms with E-state index in [-0.39, 0.29) is 17.0 Å². The molecule has 0 bridgehead atoms. The molecule has 2 rings (SSSR count). The molecule has 2 aromatic rings. The molecule has 33 heavy (non-hydrogen) atoms. The van der Waals surface area contributed by atoms with Crippen LogP contribution in [0.1, 0.15) is 51.7 Å². The molecule has 0 amide bonds. The lowest BCUT2D eigenvalue weighted by molar-refractivity contribution is 0.218. The average molecular weight is 456 g/mol. The molecule has 0 radical (unpaired) electrons. The Morgan fingerprint density at radius 1 is 1.18 bits per heavy atom. The number of benzene rings is 2. The number of hydrogen-bond donors (Lipinski definition) is 1. The fraction of sp³-hybridized carbons (Fsp3) is 0.464. The standard InChI is InChI=1S/C28H39F2N3/c1-9-22(15-16-33(8)18-28(4,5)6)32-20(3)27(31-7)24-17-21(14-13-19(24)2)23-11-10-12-25(29)26(23)30/h10-14,17,22,32H,3,9,15-16,18H2,1-2,4-8H3. The summed E-state index contributed by atoms with van der Waals surface area (Å²) in [6, 6.07) is 10.1. The van der Waals surface area contributed by atoms with Gasteiger partial charge in [0.15, 0.2) is 11.6 Å². The first-order valence-corrected chi connectivity index (χ1v) is 11.6. The highest BCUT2D eigenvalue weighted by Gasteiger charge is 2.18. The van der Waals surface area contributed by atoms with E-state index in [4.69, 9.17) is 0 Å². The topological polar surface area (TPSA) is 27.6 Å². The zero-order chi connectivity index (χ0) is 24.8. The van der Waals surface area contributed by atoms with E-state index in [1.54, 1.807) is 19.2 Å². The summed E-state index contributed by atoms with van der Waals surface area (Å²) in [5, 5.41) is 3.56. The molecule has 2 aromatic carbocycles. The van der Waals surface area contributed by atoms with Crippen LogP contribution in [0, 0.1) is 24.0 Å². The molecule has 1 N–H and O–H groups in total. The third-order valence-corrected chi connectivity index (χ3v) is 5.74. The number of allylic oxidation sites excluding steroid dienone is 1. The number of aryl methyl sites for hydroxylation is 1. The van der Waals surface area contributed by atoms with Crippen molar-refractivity contribution in [3.05, 3.63) is 71.4 Å². The molecule has 3 nitrogen and oxygen atoms in total. The smallest absolute Gasteiger partial charge is 0.166 e. The summed E-state index contributed by atoms with van der Waals surface area (Å²) in [6.45, 7) is 17.2. The highest BCUT2D eigenvalue weighted by Crippen LogP contribution is 2.27. The Hall–Kier alpha value is -2.53. The number of halogens is 2. The minimum absolute atomic E-state index is 0.235. The van der Waals surface area contributed by atoms with E-state index in [0.717, 1.165) is 54.5 Å². The van der Waals surface area contributed by atoms with Crippen molar-refractivity contribution < 1.29 is 8.78 Å². The number of aliphatic imine (C=N–C) groups is 1. The summed E-state index contributed by atoms with van der Waals surface area (Å²) in [5.41, 5.74) is 4.43. The lowest BCUT2D eigenvalue weighted by Crippen LogP contribution is -2.36. The molecule has 5 heteroatoms. The van der Waals surface area contributed by atoms with Crippen LogP contribution in [-0.4, -0.2) is 43.8 Å². The van der Waals surface area contributed by atoms with Gasteiger partial charge in [0.05, 0.1) is 11.4 Å². The molecule has 0 fully saturated rings. The van der Waals surface area contributed by atoms with E-state index in [0.29, 0.717) is 5.56 Å². The van der Waals surface area contributed by atoms with E-state index in [1.807, 2.05) is 19.1 Å². The number of hydrogen-bond acceptors (Lipinski definition) is 3. The van der Waals surface area contributed by atoms with Crippen LogP contribution in [0.5, 0.6) is 0 Å². The lowest BCUT2D eigenvalue weighted by atomic mass is 9.95. The van der Waals surface area contributed by atoms with Crippen molar-refractivity contribution in [2.24, 2.45) is 10.4 Å². The summed E-state index contributed by atoms with van der Waals surface area (Å²) in [5.74, 6) is -1.70. The Morgan fingerprint density at radius 2 is 1.88 bits per heavy atom. The minimum Gasteiger partial charge on any atom is -0.381 e. The minimum atomic E-state index is -0.854. The van der Waals surface area contributed by atoms with Gasteiger partial charge in [-0.2, -0.15) is 0 Å². The zero-order valence-corrected chi connectivity index (χ0v) is 21.2. The molecule has 0 saturated carbocycles. The normalized spacial score (nSPS) is 13.3. The maximum absolute atomic E-state index is 14.4. The van der Waals surface area contributed by atoms with Crippen molar-refractivity contribution in [3.63, 3.8) is 0 Å². The second-order valence-corrected chi connectivity index (χ2v) is 10.0. The van der Waals surface area contributed by atoms with Crippen LogP contribution < -0.4 is 5.32 Å². The van der Waals surface area contributed by atoms with E-state index in [2.05, 4.69) is 56.5 Å². The Labute approximate surface area is 198 Å². The molecular formula is C28H39F2N3. The first-order valence-electron chi connectivity index (χ1n) is 11.6. The van der Waals surface area contributed by atoms with E-state index >= 15 is 0 Å². The van der Waals surface area contributed by atoms with Gasteiger partial charge >= 0.3 is 0 Å². The van der Waals surface area contributed by atoms with Crippen molar-refractivity contribution in [3.8, 4) is 11.1 Å². The summed E-state index contributed by atoms with van der Waals surface area (Å²) in [4.78, 5) is 6.87. The highest BCUT2D eigenvalue weighted by molar-refractivity contribution is 6.13. The zero-order valence-electron chi connectivity index (χ0n) is 21.2. The number of nitrogens with zero attached hydrogens (tertiary/aromatic N) is 2. The Bertz CT molecular complexity index is 989. The van der Waals surface area contributed by atoms with Crippen LogP contribution in [0.15, 0.2) is 53.7 Å². The van der Waals surface area contributed by atoms with Crippen LogP contribution in [-0.2, 0) is 0 Å². The van der Waals surface area contributed by atoms with Crippen molar-refractivity contribution in [1.29, 1.82) is 0 Å².